The van der Waals surface area contributed by atoms with Crippen LogP contribution < -0.4 is 4.74 Å². The molecule has 11 heteroatoms. The van der Waals surface area contributed by atoms with Crippen LogP contribution in [0.5, 0.6) is 5.75 Å². The summed E-state index contributed by atoms with van der Waals surface area (Å²) in [6.07, 6.45) is -8.49. The Morgan fingerprint density at radius 2 is 1.76 bits per heavy atom. The molecule has 0 amide bonds. The SMILES string of the molecule is CC(=O)Oc1ccc(CCC(=O)OC(CS(=O)(=O)O)C(F)(F)F)cc1. The topological polar surface area (TPSA) is 107 Å². The number of benzene rings is 1. The van der Waals surface area contributed by atoms with Crippen molar-refractivity contribution in [3.8, 4) is 5.75 Å². The van der Waals surface area contributed by atoms with Crippen molar-refractivity contribution in [2.24, 2.45) is 0 Å². The Bertz CT molecular complexity index is 711. The first-order valence-electron chi connectivity index (χ1n) is 6.85. The molecule has 0 fully saturated rings. The number of carbonyl (C=O) groups excluding carboxylic acids is 2. The second kappa shape index (κ2) is 8.30. The van der Waals surface area contributed by atoms with E-state index in [0.717, 1.165) is 0 Å². The highest BCUT2D eigenvalue weighted by molar-refractivity contribution is 7.85. The van der Waals surface area contributed by atoms with Crippen molar-refractivity contribution in [2.75, 3.05) is 5.75 Å². The zero-order valence-corrected chi connectivity index (χ0v) is 13.8. The smallest absolute Gasteiger partial charge is 0.426 e. The molecule has 25 heavy (non-hydrogen) atoms. The molecule has 7 nitrogen and oxygen atoms in total. The lowest BCUT2D eigenvalue weighted by molar-refractivity contribution is -0.215. The zero-order chi connectivity index (χ0) is 19.3. The van der Waals surface area contributed by atoms with E-state index in [1.54, 1.807) is 0 Å². The van der Waals surface area contributed by atoms with Crippen LogP contribution in [0.4, 0.5) is 13.2 Å². The maximum Gasteiger partial charge on any atom is 0.426 e. The number of alkyl halides is 3. The second-order valence-corrected chi connectivity index (χ2v) is 6.50. The maximum atomic E-state index is 12.6. The van der Waals surface area contributed by atoms with Crippen molar-refractivity contribution >= 4 is 22.1 Å². The minimum Gasteiger partial charge on any atom is -0.451 e. The summed E-state index contributed by atoms with van der Waals surface area (Å²) in [5.74, 6) is -3.29. The Balaban J connectivity index is 2.61. The van der Waals surface area contributed by atoms with E-state index in [4.69, 9.17) is 9.29 Å². The summed E-state index contributed by atoms with van der Waals surface area (Å²) >= 11 is 0. The number of hydrogen-bond acceptors (Lipinski definition) is 6. The number of esters is 2. The standard InChI is InChI=1S/C14H15F3O7S/c1-9(18)23-11-5-2-10(3-6-11)4-7-13(19)24-12(14(15,16)17)8-25(20,21)22/h2-3,5-6,12H,4,7-8H2,1H3,(H,20,21,22). The maximum absolute atomic E-state index is 12.6. The van der Waals surface area contributed by atoms with Gasteiger partial charge in [0.25, 0.3) is 10.1 Å². The molecule has 0 aromatic heterocycles. The van der Waals surface area contributed by atoms with Crippen LogP contribution in [0.3, 0.4) is 0 Å². The van der Waals surface area contributed by atoms with Crippen LogP contribution in [0.25, 0.3) is 0 Å². The van der Waals surface area contributed by atoms with Gasteiger partial charge in [-0.3, -0.25) is 14.1 Å². The molecule has 1 unspecified atom stereocenters. The first-order valence-corrected chi connectivity index (χ1v) is 8.46. The number of carbonyl (C=O) groups is 2. The summed E-state index contributed by atoms with van der Waals surface area (Å²) in [6, 6.07) is 5.90. The van der Waals surface area contributed by atoms with E-state index >= 15 is 0 Å². The molecule has 140 valence electrons. The molecule has 1 rings (SSSR count). The third-order valence-corrected chi connectivity index (χ3v) is 3.53. The normalized spacial score (nSPS) is 13.2. The van der Waals surface area contributed by atoms with Gasteiger partial charge in [0, 0.05) is 13.3 Å². The van der Waals surface area contributed by atoms with Crippen LogP contribution in [-0.2, 0) is 30.9 Å². The third-order valence-electron chi connectivity index (χ3n) is 2.80. The minimum atomic E-state index is -5.13. The molecule has 1 aromatic carbocycles. The average molecular weight is 384 g/mol. The monoisotopic (exact) mass is 384 g/mol. The number of rotatable bonds is 7. The molecule has 0 radical (unpaired) electrons. The molecule has 0 saturated heterocycles. The number of ether oxygens (including phenoxy) is 2. The highest BCUT2D eigenvalue weighted by Crippen LogP contribution is 2.24. The van der Waals surface area contributed by atoms with Crippen LogP contribution in [0.1, 0.15) is 18.9 Å². The Labute approximate surface area is 141 Å². The van der Waals surface area contributed by atoms with Gasteiger partial charge in [-0.15, -0.1) is 0 Å². The van der Waals surface area contributed by atoms with Crippen LogP contribution >= 0.6 is 0 Å². The quantitative estimate of drug-likeness (QED) is 0.435. The van der Waals surface area contributed by atoms with Crippen LogP contribution in [0.15, 0.2) is 24.3 Å². The van der Waals surface area contributed by atoms with E-state index in [1.807, 2.05) is 0 Å². The molecule has 1 N–H and O–H groups in total. The molecule has 0 aliphatic heterocycles. The number of halogens is 3. The van der Waals surface area contributed by atoms with Gasteiger partial charge in [-0.25, -0.2) is 0 Å². The Morgan fingerprint density at radius 1 is 1.20 bits per heavy atom. The first kappa shape index (κ1) is 20.9. The van der Waals surface area contributed by atoms with Crippen molar-refractivity contribution < 1.29 is 45.2 Å². The second-order valence-electron chi connectivity index (χ2n) is 5.01. The summed E-state index contributed by atoms with van der Waals surface area (Å²) < 4.78 is 76.5. The van der Waals surface area contributed by atoms with Gasteiger partial charge in [0.2, 0.25) is 6.10 Å². The highest BCUT2D eigenvalue weighted by atomic mass is 32.2. The van der Waals surface area contributed by atoms with Gasteiger partial charge in [-0.05, 0) is 24.1 Å². The van der Waals surface area contributed by atoms with Crippen molar-refractivity contribution in [2.45, 2.75) is 32.0 Å². The van der Waals surface area contributed by atoms with E-state index in [1.165, 1.54) is 31.2 Å². The third kappa shape index (κ3) is 8.49. The molecule has 1 atom stereocenters. The van der Waals surface area contributed by atoms with E-state index in [9.17, 15) is 31.2 Å². The molecule has 0 spiro atoms. The summed E-state index contributed by atoms with van der Waals surface area (Å²) in [5, 5.41) is 0. The lowest BCUT2D eigenvalue weighted by Gasteiger charge is -2.19. The zero-order valence-electron chi connectivity index (χ0n) is 12.9. The van der Waals surface area contributed by atoms with Gasteiger partial charge in [-0.2, -0.15) is 21.6 Å². The molecular weight excluding hydrogens is 369 g/mol. The largest absolute Gasteiger partial charge is 0.451 e. The van der Waals surface area contributed by atoms with E-state index in [-0.39, 0.29) is 12.2 Å². The molecule has 0 saturated carbocycles. The Kier molecular flexibility index (Phi) is 6.94. The predicted molar refractivity (Wildman–Crippen MR) is 78.4 cm³/mol. The van der Waals surface area contributed by atoms with Crippen molar-refractivity contribution in [1.82, 2.24) is 0 Å². The van der Waals surface area contributed by atoms with Gasteiger partial charge in [0.05, 0.1) is 0 Å². The highest BCUT2D eigenvalue weighted by Gasteiger charge is 2.45. The van der Waals surface area contributed by atoms with Crippen LogP contribution in [-0.4, -0.2) is 42.9 Å². The average Bonchev–Trinajstić information content (AvgIpc) is 2.43. The van der Waals surface area contributed by atoms with Crippen molar-refractivity contribution in [1.29, 1.82) is 0 Å². The Hall–Kier alpha value is -2.14. The van der Waals surface area contributed by atoms with Crippen LogP contribution in [0.2, 0.25) is 0 Å². The molecule has 0 aliphatic rings. The predicted octanol–water partition coefficient (Wildman–Crippen LogP) is 1.91. The van der Waals surface area contributed by atoms with Gasteiger partial charge < -0.3 is 9.47 Å². The fourth-order valence-corrected chi connectivity index (χ4v) is 2.38. The lowest BCUT2D eigenvalue weighted by atomic mass is 10.1. The Morgan fingerprint density at radius 3 is 2.20 bits per heavy atom. The van der Waals surface area contributed by atoms with Gasteiger partial charge in [0.1, 0.15) is 11.5 Å². The van der Waals surface area contributed by atoms with Crippen LogP contribution in [0, 0.1) is 0 Å². The van der Waals surface area contributed by atoms with Gasteiger partial charge in [0.15, 0.2) is 0 Å². The molecule has 1 aromatic rings. The lowest BCUT2D eigenvalue weighted by Crippen LogP contribution is -2.39. The first-order chi connectivity index (χ1) is 11.4. The number of aryl methyl sites for hydroxylation is 1. The minimum absolute atomic E-state index is 0.0234. The molecular formula is C14H15F3O7S. The summed E-state index contributed by atoms with van der Waals surface area (Å²) in [5.41, 5.74) is 0.561. The molecule has 0 heterocycles. The van der Waals surface area contributed by atoms with Crippen molar-refractivity contribution in [3.63, 3.8) is 0 Å². The number of hydrogen-bond donors (Lipinski definition) is 1. The fourth-order valence-electron chi connectivity index (χ4n) is 1.74. The van der Waals surface area contributed by atoms with E-state index in [0.29, 0.717) is 5.56 Å². The van der Waals surface area contributed by atoms with Crippen molar-refractivity contribution in [3.05, 3.63) is 29.8 Å². The molecule has 0 bridgehead atoms. The fraction of sp³-hybridized carbons (Fsp3) is 0.429. The summed E-state index contributed by atoms with van der Waals surface area (Å²) in [6.45, 7) is 1.22. The van der Waals surface area contributed by atoms with E-state index < -0.39 is 46.5 Å². The summed E-state index contributed by atoms with van der Waals surface area (Å²) in [4.78, 5) is 22.3. The van der Waals surface area contributed by atoms with Gasteiger partial charge >= 0.3 is 18.1 Å². The van der Waals surface area contributed by atoms with Gasteiger partial charge in [-0.1, -0.05) is 12.1 Å². The van der Waals surface area contributed by atoms with E-state index in [2.05, 4.69) is 4.74 Å². The molecule has 0 aliphatic carbocycles. The summed E-state index contributed by atoms with van der Waals surface area (Å²) in [7, 11) is -4.97.